The summed E-state index contributed by atoms with van der Waals surface area (Å²) < 4.78 is 16.4. The number of methoxy groups -OCH3 is 2. The number of Topliss-reactive ketones (excluding diaryl/α,β-unsaturated/α-hetero) is 1. The maximum Gasteiger partial charge on any atom is 0.336 e. The van der Waals surface area contributed by atoms with Gasteiger partial charge in [-0.1, -0.05) is 50.0 Å². The molecule has 0 bridgehead atoms. The van der Waals surface area contributed by atoms with Crippen LogP contribution in [-0.2, 0) is 0 Å². The second-order valence-electron chi connectivity index (χ2n) is 9.34. The Morgan fingerprint density at radius 2 is 1.59 bits per heavy atom. The molecule has 0 aromatic heterocycles. The third kappa shape index (κ3) is 4.26. The zero-order chi connectivity index (χ0) is 27.4. The Morgan fingerprint density at radius 3 is 2.16 bits per heavy atom. The second-order valence-corrected chi connectivity index (χ2v) is 10.1. The van der Waals surface area contributed by atoms with E-state index in [1.165, 1.54) is 44.6 Å². The Hall–Kier alpha value is -3.75. The van der Waals surface area contributed by atoms with Crippen molar-refractivity contribution in [2.75, 3.05) is 14.2 Å². The van der Waals surface area contributed by atoms with Gasteiger partial charge in [-0.25, -0.2) is 4.79 Å². The predicted octanol–water partition coefficient (Wildman–Crippen LogP) is 6.52. The summed E-state index contributed by atoms with van der Waals surface area (Å²) in [6, 6.07) is 7.03. The van der Waals surface area contributed by atoms with Gasteiger partial charge in [-0.3, -0.25) is 9.59 Å². The molecule has 2 aliphatic rings. The number of aromatic hydroxyl groups is 1. The van der Waals surface area contributed by atoms with Crippen molar-refractivity contribution in [3.8, 4) is 39.7 Å². The van der Waals surface area contributed by atoms with Gasteiger partial charge in [-0.2, -0.15) is 0 Å². The maximum atomic E-state index is 13.1. The van der Waals surface area contributed by atoms with Gasteiger partial charge in [0.15, 0.2) is 34.4 Å². The number of carbonyl (C=O) groups excluding carboxylic acids is 1. The number of carboxylic acid groups (broad SMARTS) is 1. The largest absolute Gasteiger partial charge is 0.503 e. The van der Waals surface area contributed by atoms with E-state index in [0.29, 0.717) is 0 Å². The fourth-order valence-electron chi connectivity index (χ4n) is 4.12. The van der Waals surface area contributed by atoms with Gasteiger partial charge in [0.2, 0.25) is 5.43 Å². The normalized spacial score (nSPS) is 11.6. The van der Waals surface area contributed by atoms with Crippen LogP contribution in [-0.4, -0.2) is 36.2 Å². The lowest BCUT2D eigenvalue weighted by molar-refractivity contribution is 0.0697. The molecule has 2 N–H and O–H groups in total. The zero-order valence-corrected chi connectivity index (χ0v) is 22.0. The Morgan fingerprint density at radius 1 is 0.946 bits per heavy atom. The molecule has 0 saturated carbocycles. The number of carbonyl (C=O) groups is 2. The van der Waals surface area contributed by atoms with Crippen LogP contribution in [0.5, 0.6) is 17.2 Å². The number of phenols is 1. The minimum absolute atomic E-state index is 0.00870. The van der Waals surface area contributed by atoms with Crippen molar-refractivity contribution < 1.29 is 33.7 Å². The minimum Gasteiger partial charge on any atom is -0.503 e. The van der Waals surface area contributed by atoms with Crippen LogP contribution in [0.25, 0.3) is 33.4 Å². The molecule has 0 unspecified atom stereocenters. The van der Waals surface area contributed by atoms with Crippen molar-refractivity contribution >= 4 is 45.9 Å². The van der Waals surface area contributed by atoms with E-state index < -0.39 is 22.6 Å². The summed E-state index contributed by atoms with van der Waals surface area (Å²) in [7, 11) is 2.62. The quantitative estimate of drug-likeness (QED) is 0.215. The van der Waals surface area contributed by atoms with Crippen molar-refractivity contribution in [2.24, 2.45) is 5.41 Å². The van der Waals surface area contributed by atoms with E-state index in [1.807, 2.05) is 0 Å². The third-order valence-electron chi connectivity index (χ3n) is 5.95. The summed E-state index contributed by atoms with van der Waals surface area (Å²) >= 11 is 12.8. The van der Waals surface area contributed by atoms with Gasteiger partial charge in [-0.15, -0.1) is 0 Å². The molecule has 0 atom stereocenters. The van der Waals surface area contributed by atoms with Gasteiger partial charge < -0.3 is 24.1 Å². The Balaban J connectivity index is 2.31. The van der Waals surface area contributed by atoms with Gasteiger partial charge in [-0.05, 0) is 29.8 Å². The Kier molecular flexibility index (Phi) is 6.60. The number of phenolic OH excluding ortho intramolecular Hbond substituents is 1. The predicted molar refractivity (Wildman–Crippen MR) is 140 cm³/mol. The van der Waals surface area contributed by atoms with Gasteiger partial charge in [0.1, 0.15) is 10.0 Å². The van der Waals surface area contributed by atoms with E-state index >= 15 is 0 Å². The molecular formula is C27H22Cl2O8. The first-order chi connectivity index (χ1) is 17.3. The van der Waals surface area contributed by atoms with Gasteiger partial charge in [0, 0.05) is 27.5 Å². The van der Waals surface area contributed by atoms with Gasteiger partial charge in [0.25, 0.3) is 0 Å². The molecule has 1 heterocycles. The molecule has 2 aromatic rings. The number of halogens is 2. The number of rotatable bonds is 5. The summed E-state index contributed by atoms with van der Waals surface area (Å²) in [5.74, 6) is -2.12. The number of hydrogen-bond acceptors (Lipinski definition) is 7. The molecular weight excluding hydrogens is 523 g/mol. The zero-order valence-electron chi connectivity index (χ0n) is 20.5. The van der Waals surface area contributed by atoms with E-state index in [2.05, 4.69) is 0 Å². The average Bonchev–Trinajstić information content (AvgIpc) is 2.85. The number of carboxylic acids is 1. The molecule has 2 aromatic carbocycles. The number of fused-ring (bicyclic) bond motifs is 2. The standard InChI is InChI=1S/C27H22Cl2O8/c1-27(2,3)25(32)11-6-7-12(26(33)34)13(8-11)18-14-9-16(35-4)21(30)19(28)23(14)37-24-15(18)10-17(36-5)22(31)20(24)29/h6-10,30H,1-5H3,(H,33,34). The van der Waals surface area contributed by atoms with Crippen molar-refractivity contribution in [2.45, 2.75) is 20.8 Å². The lowest BCUT2D eigenvalue weighted by Gasteiger charge is -2.21. The molecule has 0 spiro atoms. The van der Waals surface area contributed by atoms with Crippen LogP contribution >= 0.6 is 23.2 Å². The molecule has 0 saturated heterocycles. The summed E-state index contributed by atoms with van der Waals surface area (Å²) in [5, 5.41) is 20.2. The third-order valence-corrected chi connectivity index (χ3v) is 6.64. The summed E-state index contributed by atoms with van der Waals surface area (Å²) in [6.07, 6.45) is 0. The summed E-state index contributed by atoms with van der Waals surface area (Å²) in [6.45, 7) is 5.25. The highest BCUT2D eigenvalue weighted by Crippen LogP contribution is 2.50. The van der Waals surface area contributed by atoms with Crippen LogP contribution < -0.4 is 14.9 Å². The van der Waals surface area contributed by atoms with Crippen molar-refractivity contribution in [3.63, 3.8) is 0 Å². The lowest BCUT2D eigenvalue weighted by Crippen LogP contribution is -2.20. The van der Waals surface area contributed by atoms with Gasteiger partial charge >= 0.3 is 5.97 Å². The van der Waals surface area contributed by atoms with E-state index in [1.54, 1.807) is 20.8 Å². The molecule has 192 valence electrons. The molecule has 1 aliphatic carbocycles. The first-order valence-electron chi connectivity index (χ1n) is 11.0. The smallest absolute Gasteiger partial charge is 0.336 e. The van der Waals surface area contributed by atoms with Crippen LogP contribution in [0.15, 0.2) is 39.5 Å². The highest BCUT2D eigenvalue weighted by Gasteiger charge is 2.30. The molecule has 10 heteroatoms. The molecule has 8 nitrogen and oxygen atoms in total. The SMILES string of the molecule is COc1cc2c(-c3cc(C(=O)C(C)(C)C)ccc3C(=O)O)c3cc(OC)c(=O)c(Cl)c-3oc2c(Cl)c1O. The van der Waals surface area contributed by atoms with Crippen molar-refractivity contribution in [1.29, 1.82) is 0 Å². The monoisotopic (exact) mass is 544 g/mol. The molecule has 0 radical (unpaired) electrons. The number of ketones is 1. The maximum absolute atomic E-state index is 13.1. The second kappa shape index (κ2) is 9.28. The lowest BCUT2D eigenvalue weighted by atomic mass is 9.83. The first kappa shape index (κ1) is 26.3. The Bertz CT molecular complexity index is 1630. The molecule has 37 heavy (non-hydrogen) atoms. The number of ether oxygens (including phenoxy) is 2. The minimum atomic E-state index is -1.26. The van der Waals surface area contributed by atoms with E-state index in [-0.39, 0.29) is 71.9 Å². The highest BCUT2D eigenvalue weighted by atomic mass is 35.5. The van der Waals surface area contributed by atoms with Crippen molar-refractivity contribution in [3.05, 3.63) is 61.7 Å². The number of benzene rings is 3. The average molecular weight is 545 g/mol. The number of hydrogen-bond donors (Lipinski definition) is 2. The summed E-state index contributed by atoms with van der Waals surface area (Å²) in [5.41, 5.74) is -0.756. The van der Waals surface area contributed by atoms with Crippen LogP contribution in [0, 0.1) is 5.41 Å². The van der Waals surface area contributed by atoms with E-state index in [0.717, 1.165) is 0 Å². The van der Waals surface area contributed by atoms with E-state index in [9.17, 15) is 24.6 Å². The topological polar surface area (TPSA) is 123 Å². The molecule has 4 rings (SSSR count). The van der Waals surface area contributed by atoms with Crippen LogP contribution in [0.3, 0.4) is 0 Å². The van der Waals surface area contributed by atoms with Crippen LogP contribution in [0.4, 0.5) is 0 Å². The number of aromatic carboxylic acids is 1. The van der Waals surface area contributed by atoms with Gasteiger partial charge in [0.05, 0.1) is 19.8 Å². The Labute approximate surface area is 221 Å². The fraction of sp³-hybridized carbons (Fsp3) is 0.222. The van der Waals surface area contributed by atoms with E-state index in [4.69, 9.17) is 37.1 Å². The van der Waals surface area contributed by atoms with Crippen molar-refractivity contribution in [1.82, 2.24) is 0 Å². The molecule has 0 fully saturated rings. The molecule has 0 amide bonds. The molecule has 1 aliphatic heterocycles. The highest BCUT2D eigenvalue weighted by molar-refractivity contribution is 6.38. The van der Waals surface area contributed by atoms with Crippen LogP contribution in [0.1, 0.15) is 41.5 Å². The first-order valence-corrected chi connectivity index (χ1v) is 11.7. The summed E-state index contributed by atoms with van der Waals surface area (Å²) in [4.78, 5) is 38.2. The fourth-order valence-corrected chi connectivity index (χ4v) is 4.58. The van der Waals surface area contributed by atoms with Crippen LogP contribution in [0.2, 0.25) is 10.0 Å².